The average Bonchev–Trinajstić information content (AvgIpc) is 2.29. The molecular weight excluding hydrogens is 242 g/mol. The maximum Gasteiger partial charge on any atom is 0.307 e. The Morgan fingerprint density at radius 3 is 2.38 bits per heavy atom. The molecule has 13 heavy (non-hydrogen) atoms. The number of halogens is 3. The Morgan fingerprint density at radius 1 is 1.54 bits per heavy atom. The van der Waals surface area contributed by atoms with Crippen LogP contribution in [0.4, 0.5) is 0 Å². The van der Waals surface area contributed by atoms with Crippen molar-refractivity contribution in [3.8, 4) is 0 Å². The van der Waals surface area contributed by atoms with Crippen molar-refractivity contribution in [2.45, 2.75) is 16.3 Å². The number of cyclic esters (lactones) is 1. The van der Waals surface area contributed by atoms with Crippen molar-refractivity contribution in [1.29, 1.82) is 0 Å². The lowest BCUT2D eigenvalue weighted by Crippen LogP contribution is -2.41. The average molecular weight is 246 g/mol. The Balaban J connectivity index is 2.84. The summed E-state index contributed by atoms with van der Waals surface area (Å²) in [6.45, 7) is 0. The fourth-order valence-corrected chi connectivity index (χ4v) is 1.65. The van der Waals surface area contributed by atoms with E-state index in [4.69, 9.17) is 34.8 Å². The molecule has 7 heteroatoms. The van der Waals surface area contributed by atoms with E-state index in [2.05, 4.69) is 4.74 Å². The first-order chi connectivity index (χ1) is 5.82. The second kappa shape index (κ2) is 3.52. The lowest BCUT2D eigenvalue weighted by molar-refractivity contribution is -0.312. The van der Waals surface area contributed by atoms with Gasteiger partial charge in [0.25, 0.3) is 0 Å². The molecule has 74 valence electrons. The van der Waals surface area contributed by atoms with Gasteiger partial charge in [-0.1, -0.05) is 34.8 Å². The number of carboxylic acid groups (broad SMARTS) is 1. The van der Waals surface area contributed by atoms with Crippen LogP contribution in [-0.2, 0) is 14.3 Å². The topological polar surface area (TPSA) is 66.4 Å². The molecule has 1 fully saturated rings. The quantitative estimate of drug-likeness (QED) is 0.484. The van der Waals surface area contributed by atoms with Crippen LogP contribution < -0.4 is 5.11 Å². The van der Waals surface area contributed by atoms with E-state index >= 15 is 0 Å². The van der Waals surface area contributed by atoms with Gasteiger partial charge in [0.05, 0.1) is 12.3 Å². The Labute approximate surface area is 88.7 Å². The molecule has 1 heterocycles. The molecule has 0 aromatic rings. The summed E-state index contributed by atoms with van der Waals surface area (Å²) in [7, 11) is 0. The fourth-order valence-electron chi connectivity index (χ4n) is 1.06. The number of aliphatic carboxylic acids is 1. The monoisotopic (exact) mass is 245 g/mol. The second-order valence-corrected chi connectivity index (χ2v) is 4.95. The van der Waals surface area contributed by atoms with Crippen molar-refractivity contribution in [3.63, 3.8) is 0 Å². The van der Waals surface area contributed by atoms with Crippen LogP contribution in [0.5, 0.6) is 0 Å². The normalized spacial score (nSPS) is 28.7. The first kappa shape index (κ1) is 10.9. The number of esters is 1. The van der Waals surface area contributed by atoms with Crippen LogP contribution in [0.2, 0.25) is 0 Å². The van der Waals surface area contributed by atoms with E-state index in [-0.39, 0.29) is 6.42 Å². The van der Waals surface area contributed by atoms with Crippen molar-refractivity contribution in [2.24, 2.45) is 5.92 Å². The van der Waals surface area contributed by atoms with Crippen LogP contribution in [0, 0.1) is 5.92 Å². The maximum absolute atomic E-state index is 10.7. The van der Waals surface area contributed by atoms with Gasteiger partial charge in [0.15, 0.2) is 6.10 Å². The van der Waals surface area contributed by atoms with Gasteiger partial charge in [0.1, 0.15) is 0 Å². The summed E-state index contributed by atoms with van der Waals surface area (Å²) in [6.07, 6.45) is -1.59. The molecule has 0 aliphatic carbocycles. The molecular formula is C6H4Cl3O4-. The Kier molecular flexibility index (Phi) is 2.95. The number of carbonyl (C=O) groups excluding carboxylic acids is 2. The second-order valence-electron chi connectivity index (χ2n) is 2.58. The number of carboxylic acids is 1. The summed E-state index contributed by atoms with van der Waals surface area (Å²) in [5, 5.41) is 10.5. The van der Waals surface area contributed by atoms with Crippen molar-refractivity contribution in [3.05, 3.63) is 0 Å². The third-order valence-electron chi connectivity index (χ3n) is 1.64. The summed E-state index contributed by atoms with van der Waals surface area (Å²) in [5.41, 5.74) is 0. The molecule has 0 spiro atoms. The number of alkyl halides is 3. The Bertz CT molecular complexity index is 247. The predicted molar refractivity (Wildman–Crippen MR) is 43.3 cm³/mol. The van der Waals surface area contributed by atoms with Gasteiger partial charge in [-0.2, -0.15) is 0 Å². The van der Waals surface area contributed by atoms with Crippen LogP contribution in [0.25, 0.3) is 0 Å². The van der Waals surface area contributed by atoms with Crippen LogP contribution >= 0.6 is 34.8 Å². The molecule has 2 atom stereocenters. The van der Waals surface area contributed by atoms with E-state index in [1.807, 2.05) is 0 Å². The van der Waals surface area contributed by atoms with Crippen LogP contribution in [0.3, 0.4) is 0 Å². The van der Waals surface area contributed by atoms with Gasteiger partial charge in [0, 0.05) is 5.97 Å². The molecule has 0 aromatic carbocycles. The molecule has 0 unspecified atom stereocenters. The summed E-state index contributed by atoms with van der Waals surface area (Å²) >= 11 is 16.2. The third-order valence-corrected chi connectivity index (χ3v) is 2.28. The number of ether oxygens (including phenoxy) is 1. The lowest BCUT2D eigenvalue weighted by Gasteiger charge is -2.24. The van der Waals surface area contributed by atoms with Gasteiger partial charge in [-0.05, 0) is 0 Å². The highest BCUT2D eigenvalue weighted by atomic mass is 35.6. The molecule has 0 N–H and O–H groups in total. The number of carbonyl (C=O) groups is 2. The minimum Gasteiger partial charge on any atom is -0.550 e. The van der Waals surface area contributed by atoms with Crippen LogP contribution in [-0.4, -0.2) is 21.8 Å². The molecule has 0 amide bonds. The maximum atomic E-state index is 10.7. The fraction of sp³-hybridized carbons (Fsp3) is 0.667. The van der Waals surface area contributed by atoms with Gasteiger partial charge >= 0.3 is 5.97 Å². The smallest absolute Gasteiger partial charge is 0.307 e. The molecule has 1 rings (SSSR count). The summed E-state index contributed by atoms with van der Waals surface area (Å²) in [6, 6.07) is 0. The van der Waals surface area contributed by atoms with Gasteiger partial charge in [-0.25, -0.2) is 0 Å². The van der Waals surface area contributed by atoms with Crippen LogP contribution in [0.1, 0.15) is 6.42 Å². The van der Waals surface area contributed by atoms with Crippen molar-refractivity contribution >= 4 is 46.7 Å². The zero-order valence-corrected chi connectivity index (χ0v) is 8.40. The van der Waals surface area contributed by atoms with Crippen molar-refractivity contribution in [2.75, 3.05) is 0 Å². The molecule has 1 aliphatic rings. The standard InChI is InChI=1S/C6H5Cl3O4/c7-6(8,9)4-2(5(11)12)1-3(10)13-4/h2,4H,1H2,(H,11,12)/p-1/t2-,4+/m0/s1. The van der Waals surface area contributed by atoms with Gasteiger partial charge < -0.3 is 14.6 Å². The zero-order chi connectivity index (χ0) is 10.2. The summed E-state index contributed by atoms with van der Waals surface area (Å²) in [5.74, 6) is -3.35. The van der Waals surface area contributed by atoms with Gasteiger partial charge in [-0.15, -0.1) is 0 Å². The van der Waals surface area contributed by atoms with E-state index in [9.17, 15) is 14.7 Å². The minimum atomic E-state index is -1.93. The molecule has 1 aliphatic heterocycles. The predicted octanol–water partition coefficient (Wildman–Crippen LogP) is 0.0382. The number of hydrogen-bond acceptors (Lipinski definition) is 4. The first-order valence-electron chi connectivity index (χ1n) is 3.29. The Morgan fingerprint density at radius 2 is 2.08 bits per heavy atom. The molecule has 0 saturated carbocycles. The van der Waals surface area contributed by atoms with Gasteiger partial charge in [-0.3, -0.25) is 4.79 Å². The van der Waals surface area contributed by atoms with E-state index in [0.29, 0.717) is 0 Å². The first-order valence-corrected chi connectivity index (χ1v) is 4.43. The van der Waals surface area contributed by atoms with E-state index in [1.54, 1.807) is 0 Å². The lowest BCUT2D eigenvalue weighted by atomic mass is 10.0. The molecule has 0 aromatic heterocycles. The highest BCUT2D eigenvalue weighted by Gasteiger charge is 2.47. The summed E-state index contributed by atoms with van der Waals surface area (Å²) in [4.78, 5) is 21.2. The van der Waals surface area contributed by atoms with Gasteiger partial charge in [0.2, 0.25) is 3.79 Å². The van der Waals surface area contributed by atoms with E-state index < -0.39 is 27.8 Å². The van der Waals surface area contributed by atoms with E-state index in [0.717, 1.165) is 0 Å². The number of rotatable bonds is 1. The van der Waals surface area contributed by atoms with Crippen molar-refractivity contribution < 1.29 is 19.4 Å². The molecule has 1 saturated heterocycles. The summed E-state index contributed by atoms with van der Waals surface area (Å²) < 4.78 is 2.61. The molecule has 4 nitrogen and oxygen atoms in total. The highest BCUT2D eigenvalue weighted by molar-refractivity contribution is 6.68. The van der Waals surface area contributed by atoms with E-state index in [1.165, 1.54) is 0 Å². The minimum absolute atomic E-state index is 0.319. The molecule has 0 radical (unpaired) electrons. The Hall–Kier alpha value is -0.190. The number of hydrogen-bond donors (Lipinski definition) is 0. The zero-order valence-electron chi connectivity index (χ0n) is 6.13. The largest absolute Gasteiger partial charge is 0.550 e. The third kappa shape index (κ3) is 2.39. The highest BCUT2D eigenvalue weighted by Crippen LogP contribution is 2.40. The molecule has 0 bridgehead atoms. The van der Waals surface area contributed by atoms with Crippen molar-refractivity contribution in [1.82, 2.24) is 0 Å². The SMILES string of the molecule is O=C1C[C@H](C(=O)[O-])[C@H](C(Cl)(Cl)Cl)O1. The van der Waals surface area contributed by atoms with Crippen LogP contribution in [0.15, 0.2) is 0 Å².